The van der Waals surface area contributed by atoms with E-state index in [-0.39, 0.29) is 23.8 Å². The molecule has 0 aliphatic heterocycles. The average Bonchev–Trinajstić information content (AvgIpc) is 3.25. The molecule has 1 saturated carbocycles. The van der Waals surface area contributed by atoms with Crippen molar-refractivity contribution in [3.63, 3.8) is 0 Å². The molecule has 0 radical (unpaired) electrons. The number of hydrogen-bond acceptors (Lipinski definition) is 4. The van der Waals surface area contributed by atoms with Gasteiger partial charge in [0.2, 0.25) is 0 Å². The molecule has 0 saturated heterocycles. The van der Waals surface area contributed by atoms with Gasteiger partial charge in [-0.25, -0.2) is 4.79 Å². The highest BCUT2D eigenvalue weighted by Crippen LogP contribution is 2.37. The standard InChI is InChI=1S/C22H27NO3S/c1-14-20-17(12-15(13-18(20)24)19-10-7-11-27-19)23-21(14)22(25)26-16-8-5-3-2-4-6-9-16/h7,10-11,15-16,23H,2-6,8-9,12-13H2,1H3/t15-/m1/s1. The highest BCUT2D eigenvalue weighted by atomic mass is 32.1. The van der Waals surface area contributed by atoms with Gasteiger partial charge in [0.1, 0.15) is 11.8 Å². The van der Waals surface area contributed by atoms with Gasteiger partial charge in [-0.1, -0.05) is 25.3 Å². The number of carbonyl (C=O) groups is 2. The van der Waals surface area contributed by atoms with Crippen LogP contribution in [-0.4, -0.2) is 22.8 Å². The Morgan fingerprint density at radius 2 is 1.89 bits per heavy atom. The van der Waals surface area contributed by atoms with E-state index in [1.54, 1.807) is 11.3 Å². The number of fused-ring (bicyclic) bond motifs is 1. The molecule has 4 nitrogen and oxygen atoms in total. The molecule has 2 aromatic heterocycles. The van der Waals surface area contributed by atoms with E-state index in [1.165, 1.54) is 24.1 Å². The van der Waals surface area contributed by atoms with Crippen molar-refractivity contribution in [1.29, 1.82) is 0 Å². The lowest BCUT2D eigenvalue weighted by Gasteiger charge is -2.20. The van der Waals surface area contributed by atoms with Crippen LogP contribution in [0.5, 0.6) is 0 Å². The number of ketones is 1. The fourth-order valence-corrected chi connectivity index (χ4v) is 5.34. The highest BCUT2D eigenvalue weighted by molar-refractivity contribution is 7.10. The van der Waals surface area contributed by atoms with Crippen LogP contribution in [0.3, 0.4) is 0 Å². The number of hydrogen-bond donors (Lipinski definition) is 1. The van der Waals surface area contributed by atoms with Gasteiger partial charge in [0, 0.05) is 28.5 Å². The van der Waals surface area contributed by atoms with Crippen LogP contribution >= 0.6 is 11.3 Å². The molecule has 0 aromatic carbocycles. The third-order valence-corrected chi connectivity index (χ3v) is 7.00. The van der Waals surface area contributed by atoms with Crippen LogP contribution in [0.25, 0.3) is 0 Å². The maximum Gasteiger partial charge on any atom is 0.355 e. The number of aromatic nitrogens is 1. The number of aromatic amines is 1. The molecule has 0 bridgehead atoms. The number of carbonyl (C=O) groups excluding carboxylic acids is 2. The Hall–Kier alpha value is -1.88. The predicted octanol–water partition coefficient (Wildman–Crippen LogP) is 5.57. The third kappa shape index (κ3) is 3.88. The van der Waals surface area contributed by atoms with Crippen LogP contribution in [-0.2, 0) is 11.2 Å². The minimum Gasteiger partial charge on any atom is -0.458 e. The largest absolute Gasteiger partial charge is 0.458 e. The van der Waals surface area contributed by atoms with Crippen molar-refractivity contribution in [2.45, 2.75) is 76.7 Å². The van der Waals surface area contributed by atoms with Crippen molar-refractivity contribution >= 4 is 23.1 Å². The molecule has 1 atom stereocenters. The van der Waals surface area contributed by atoms with Crippen LogP contribution in [0.4, 0.5) is 0 Å². The molecular weight excluding hydrogens is 358 g/mol. The molecule has 2 aromatic rings. The molecule has 0 amide bonds. The number of rotatable bonds is 3. The number of thiophene rings is 1. The van der Waals surface area contributed by atoms with Crippen LogP contribution in [0.2, 0.25) is 0 Å². The van der Waals surface area contributed by atoms with E-state index in [1.807, 2.05) is 18.4 Å². The van der Waals surface area contributed by atoms with E-state index in [0.29, 0.717) is 17.7 Å². The molecule has 144 valence electrons. The Morgan fingerprint density at radius 3 is 2.59 bits per heavy atom. The van der Waals surface area contributed by atoms with Gasteiger partial charge in [0.25, 0.3) is 0 Å². The van der Waals surface area contributed by atoms with Crippen molar-refractivity contribution < 1.29 is 14.3 Å². The Bertz CT molecular complexity index is 813. The number of ether oxygens (including phenoxy) is 1. The summed E-state index contributed by atoms with van der Waals surface area (Å²) in [5.41, 5.74) is 2.84. The topological polar surface area (TPSA) is 59.2 Å². The maximum atomic E-state index is 12.8. The van der Waals surface area contributed by atoms with Crippen LogP contribution in [0.1, 0.15) is 94.3 Å². The van der Waals surface area contributed by atoms with Gasteiger partial charge in [-0.05, 0) is 56.0 Å². The Morgan fingerprint density at radius 1 is 1.15 bits per heavy atom. The van der Waals surface area contributed by atoms with E-state index < -0.39 is 0 Å². The monoisotopic (exact) mass is 385 g/mol. The van der Waals surface area contributed by atoms with Gasteiger partial charge in [0.15, 0.2) is 5.78 Å². The van der Waals surface area contributed by atoms with Gasteiger partial charge in [-0.2, -0.15) is 0 Å². The molecule has 27 heavy (non-hydrogen) atoms. The molecule has 2 aliphatic rings. The Balaban J connectivity index is 1.52. The van der Waals surface area contributed by atoms with Crippen molar-refractivity contribution in [2.75, 3.05) is 0 Å². The lowest BCUT2D eigenvalue weighted by molar-refractivity contribution is 0.0232. The summed E-state index contributed by atoms with van der Waals surface area (Å²) in [6.07, 6.45) is 9.18. The second-order valence-corrected chi connectivity index (χ2v) is 8.87. The molecular formula is C22H27NO3S. The van der Waals surface area contributed by atoms with E-state index in [9.17, 15) is 9.59 Å². The second kappa shape index (κ2) is 8.01. The molecule has 1 fully saturated rings. The van der Waals surface area contributed by atoms with Gasteiger partial charge in [-0.3, -0.25) is 4.79 Å². The van der Waals surface area contributed by atoms with E-state index in [2.05, 4.69) is 11.1 Å². The van der Waals surface area contributed by atoms with Gasteiger partial charge in [0.05, 0.1) is 0 Å². The van der Waals surface area contributed by atoms with Gasteiger partial charge in [-0.15, -0.1) is 11.3 Å². The minimum absolute atomic E-state index is 0.00657. The second-order valence-electron chi connectivity index (χ2n) is 7.89. The first kappa shape index (κ1) is 18.5. The number of Topliss-reactive ketones (excluding diaryl/α,β-unsaturated/α-hetero) is 1. The SMILES string of the molecule is Cc1c(C(=O)OC2CCCCCCC2)[nH]c2c1C(=O)C[C@H](c1cccs1)C2. The Kier molecular flexibility index (Phi) is 5.48. The maximum absolute atomic E-state index is 12.8. The average molecular weight is 386 g/mol. The third-order valence-electron chi connectivity index (χ3n) is 5.96. The van der Waals surface area contributed by atoms with Crippen LogP contribution in [0, 0.1) is 6.92 Å². The number of esters is 1. The summed E-state index contributed by atoms with van der Waals surface area (Å²) < 4.78 is 5.83. The molecule has 5 heteroatoms. The van der Waals surface area contributed by atoms with E-state index in [4.69, 9.17) is 4.74 Å². The molecule has 2 aliphatic carbocycles. The van der Waals surface area contributed by atoms with Crippen LogP contribution < -0.4 is 0 Å². The summed E-state index contributed by atoms with van der Waals surface area (Å²) in [5, 5.41) is 2.05. The van der Waals surface area contributed by atoms with Crippen molar-refractivity contribution in [2.24, 2.45) is 0 Å². The van der Waals surface area contributed by atoms with Crippen molar-refractivity contribution in [1.82, 2.24) is 4.98 Å². The molecule has 4 rings (SSSR count). The van der Waals surface area contributed by atoms with Gasteiger partial charge < -0.3 is 9.72 Å². The van der Waals surface area contributed by atoms with Crippen molar-refractivity contribution in [3.8, 4) is 0 Å². The molecule has 0 spiro atoms. The quantitative estimate of drug-likeness (QED) is 0.703. The summed E-state index contributed by atoms with van der Waals surface area (Å²) >= 11 is 1.69. The summed E-state index contributed by atoms with van der Waals surface area (Å²) in [6.45, 7) is 1.87. The Labute approximate surface area is 164 Å². The lowest BCUT2D eigenvalue weighted by Crippen LogP contribution is -2.20. The summed E-state index contributed by atoms with van der Waals surface area (Å²) in [7, 11) is 0. The number of H-pyrrole nitrogens is 1. The predicted molar refractivity (Wildman–Crippen MR) is 107 cm³/mol. The first-order chi connectivity index (χ1) is 13.1. The summed E-state index contributed by atoms with van der Waals surface area (Å²) in [6, 6.07) is 4.12. The smallest absolute Gasteiger partial charge is 0.355 e. The summed E-state index contributed by atoms with van der Waals surface area (Å²) in [5.74, 6) is 0.0406. The first-order valence-electron chi connectivity index (χ1n) is 10.1. The zero-order chi connectivity index (χ0) is 18.8. The number of nitrogens with one attached hydrogen (secondary N) is 1. The fourth-order valence-electron chi connectivity index (χ4n) is 4.51. The van der Waals surface area contributed by atoms with E-state index in [0.717, 1.165) is 43.4 Å². The fraction of sp³-hybridized carbons (Fsp3) is 0.545. The minimum atomic E-state index is -0.298. The summed E-state index contributed by atoms with van der Waals surface area (Å²) in [4.78, 5) is 30.0. The first-order valence-corrected chi connectivity index (χ1v) is 11.0. The molecule has 1 N–H and O–H groups in total. The lowest BCUT2D eigenvalue weighted by atomic mass is 9.84. The van der Waals surface area contributed by atoms with E-state index >= 15 is 0 Å². The molecule has 0 unspecified atom stereocenters. The zero-order valence-electron chi connectivity index (χ0n) is 15.9. The van der Waals surface area contributed by atoms with Crippen molar-refractivity contribution in [3.05, 3.63) is 44.9 Å². The normalized spacial score (nSPS) is 21.4. The van der Waals surface area contributed by atoms with Crippen LogP contribution in [0.15, 0.2) is 17.5 Å². The highest BCUT2D eigenvalue weighted by Gasteiger charge is 2.33. The zero-order valence-corrected chi connectivity index (χ0v) is 16.7. The molecule has 2 heterocycles. The van der Waals surface area contributed by atoms with Gasteiger partial charge >= 0.3 is 5.97 Å².